The van der Waals surface area contributed by atoms with Gasteiger partial charge in [0.2, 0.25) is 5.28 Å². The van der Waals surface area contributed by atoms with Crippen LogP contribution in [0.1, 0.15) is 32.4 Å². The van der Waals surface area contributed by atoms with E-state index in [0.717, 1.165) is 12.8 Å². The van der Waals surface area contributed by atoms with Crippen molar-refractivity contribution in [1.29, 1.82) is 0 Å². The van der Waals surface area contributed by atoms with Crippen molar-refractivity contribution in [3.05, 3.63) is 11.6 Å². The van der Waals surface area contributed by atoms with Gasteiger partial charge in [-0.25, -0.2) is 9.78 Å². The van der Waals surface area contributed by atoms with E-state index in [-0.39, 0.29) is 28.9 Å². The Hall–Kier alpha value is -1.71. The smallest absolute Gasteiger partial charge is 0.412 e. The van der Waals surface area contributed by atoms with E-state index in [1.54, 1.807) is 0 Å². The molecule has 16 nitrogen and oxygen atoms in total. The lowest BCUT2D eigenvalue weighted by atomic mass is 10.1. The van der Waals surface area contributed by atoms with E-state index in [0.29, 0.717) is 6.42 Å². The number of aliphatic hydroxyl groups excluding tert-OH is 2. The van der Waals surface area contributed by atoms with Crippen LogP contribution in [0, 0.1) is 0 Å². The molecule has 0 aliphatic carbocycles. The highest BCUT2D eigenvalue weighted by Gasteiger charge is 2.45. The van der Waals surface area contributed by atoms with Crippen molar-refractivity contribution in [2.24, 2.45) is 0 Å². The standard InChI is InChI=1S/C17H26ClN5O11P2/c1-2-3-4-5-32-17(26)21-13-10-14(22-16(18)20-13)23(7-19-10)15-12(25)11(24)9(34-15)6-33-36(30,31)8-35(27,28)29/h7,9,11-12,15,24-25H,2-6,8H2,1H3,(H,30,31)(H2,27,28,29)(H,20,21,22,26)/t9-,11+,12?,15-/m1/s1. The van der Waals surface area contributed by atoms with Gasteiger partial charge in [0.25, 0.3) is 0 Å². The minimum atomic E-state index is -4.85. The molecule has 0 spiro atoms. The van der Waals surface area contributed by atoms with Gasteiger partial charge in [0.1, 0.15) is 18.3 Å². The van der Waals surface area contributed by atoms with Gasteiger partial charge in [0.15, 0.2) is 29.1 Å². The summed E-state index contributed by atoms with van der Waals surface area (Å²) in [4.78, 5) is 51.6. The first-order valence-corrected chi connectivity index (χ1v) is 14.6. The van der Waals surface area contributed by atoms with E-state index in [9.17, 15) is 29.0 Å². The highest BCUT2D eigenvalue weighted by Crippen LogP contribution is 2.55. The second kappa shape index (κ2) is 11.8. The SMILES string of the molecule is CCCCCOC(=O)Nc1nc(Cl)nc2c1ncn2[C@@H]1O[C@H](COP(=O)(O)CP(=O)(O)O)[C@H](O)C1O. The average molecular weight is 574 g/mol. The van der Waals surface area contributed by atoms with E-state index in [1.807, 2.05) is 6.92 Å². The number of amides is 1. The van der Waals surface area contributed by atoms with Crippen LogP contribution < -0.4 is 5.32 Å². The van der Waals surface area contributed by atoms with Crippen molar-refractivity contribution in [3.63, 3.8) is 0 Å². The fourth-order valence-electron chi connectivity index (χ4n) is 3.37. The molecule has 0 aromatic carbocycles. The zero-order valence-electron chi connectivity index (χ0n) is 18.9. The molecule has 0 saturated carbocycles. The summed E-state index contributed by atoms with van der Waals surface area (Å²) in [5, 5.41) is 23.0. The second-order valence-electron chi connectivity index (χ2n) is 7.92. The molecule has 5 atom stereocenters. The van der Waals surface area contributed by atoms with Crippen LogP contribution in [0.15, 0.2) is 6.33 Å². The first-order valence-electron chi connectivity index (χ1n) is 10.7. The second-order valence-corrected chi connectivity index (χ2v) is 12.3. The Bertz CT molecular complexity index is 1180. The first-order chi connectivity index (χ1) is 16.8. The lowest BCUT2D eigenvalue weighted by Gasteiger charge is -2.18. The van der Waals surface area contributed by atoms with Crippen LogP contribution in [0.4, 0.5) is 10.6 Å². The molecule has 1 saturated heterocycles. The zero-order chi connectivity index (χ0) is 26.7. The highest BCUT2D eigenvalue weighted by atomic mass is 35.5. The number of anilines is 1. The molecule has 3 heterocycles. The molecule has 3 rings (SSSR count). The number of imidazole rings is 1. The third kappa shape index (κ3) is 7.42. The fraction of sp³-hybridized carbons (Fsp3) is 0.647. The number of nitrogens with one attached hydrogen (secondary N) is 1. The van der Waals surface area contributed by atoms with Gasteiger partial charge in [-0.1, -0.05) is 19.8 Å². The number of aliphatic hydroxyl groups is 2. The Kier molecular flexibility index (Phi) is 9.44. The van der Waals surface area contributed by atoms with Crippen molar-refractivity contribution in [3.8, 4) is 0 Å². The van der Waals surface area contributed by atoms with Crippen molar-refractivity contribution in [1.82, 2.24) is 19.5 Å². The molecule has 2 aromatic heterocycles. The molecule has 0 radical (unpaired) electrons. The number of carbonyl (C=O) groups is 1. The highest BCUT2D eigenvalue weighted by molar-refractivity contribution is 7.70. The predicted octanol–water partition coefficient (Wildman–Crippen LogP) is 1.17. The summed E-state index contributed by atoms with van der Waals surface area (Å²) in [5.74, 6) is -1.50. The molecule has 1 fully saturated rings. The van der Waals surface area contributed by atoms with Crippen LogP contribution in [-0.4, -0.2) is 87.9 Å². The third-order valence-corrected chi connectivity index (χ3v) is 8.64. The molecule has 1 aliphatic heterocycles. The van der Waals surface area contributed by atoms with Crippen LogP contribution in [0.5, 0.6) is 0 Å². The largest absolute Gasteiger partial charge is 0.449 e. The number of unbranched alkanes of at least 4 members (excludes halogenated alkanes) is 2. The fourth-order valence-corrected chi connectivity index (χ4v) is 6.11. The Morgan fingerprint density at radius 1 is 1.22 bits per heavy atom. The van der Waals surface area contributed by atoms with Crippen molar-refractivity contribution in [2.45, 2.75) is 50.7 Å². The van der Waals surface area contributed by atoms with Crippen molar-refractivity contribution < 1.29 is 52.8 Å². The quantitative estimate of drug-likeness (QED) is 0.126. The van der Waals surface area contributed by atoms with E-state index in [4.69, 9.17) is 30.9 Å². The monoisotopic (exact) mass is 573 g/mol. The Morgan fingerprint density at radius 3 is 2.61 bits per heavy atom. The average Bonchev–Trinajstić information content (AvgIpc) is 3.29. The summed E-state index contributed by atoms with van der Waals surface area (Å²) < 4.78 is 39.4. The number of rotatable bonds is 11. The summed E-state index contributed by atoms with van der Waals surface area (Å²) in [7, 11) is -9.57. The molecule has 36 heavy (non-hydrogen) atoms. The Labute approximate surface area is 209 Å². The minimum absolute atomic E-state index is 0.0171. The normalized spacial score (nSPS) is 24.1. The molecule has 19 heteroatoms. The number of hydrogen-bond acceptors (Lipinski definition) is 11. The van der Waals surface area contributed by atoms with Crippen LogP contribution in [-0.2, 0) is 23.1 Å². The molecule has 0 bridgehead atoms. The summed E-state index contributed by atoms with van der Waals surface area (Å²) in [6.07, 6.45) is -2.96. The maximum Gasteiger partial charge on any atom is 0.412 e. The van der Waals surface area contributed by atoms with Crippen LogP contribution in [0.3, 0.4) is 0 Å². The summed E-state index contributed by atoms with van der Waals surface area (Å²) in [6.45, 7) is 1.45. The van der Waals surface area contributed by atoms with Crippen LogP contribution in [0.2, 0.25) is 5.28 Å². The number of carbonyl (C=O) groups excluding carboxylic acids is 1. The summed E-state index contributed by atoms with van der Waals surface area (Å²) >= 11 is 5.98. The number of hydrogen-bond donors (Lipinski definition) is 6. The van der Waals surface area contributed by atoms with E-state index in [2.05, 4.69) is 24.8 Å². The first kappa shape index (κ1) is 28.9. The predicted molar refractivity (Wildman–Crippen MR) is 123 cm³/mol. The lowest BCUT2D eigenvalue weighted by molar-refractivity contribution is -0.0483. The van der Waals surface area contributed by atoms with Gasteiger partial charge in [0.05, 0.1) is 19.5 Å². The number of halogens is 1. The van der Waals surface area contributed by atoms with Crippen LogP contribution in [0.25, 0.3) is 11.2 Å². The van der Waals surface area contributed by atoms with Crippen molar-refractivity contribution >= 4 is 49.9 Å². The van der Waals surface area contributed by atoms with Gasteiger partial charge < -0.3 is 38.9 Å². The van der Waals surface area contributed by atoms with Crippen LogP contribution >= 0.6 is 26.8 Å². The van der Waals surface area contributed by atoms with E-state index >= 15 is 0 Å². The number of aromatic nitrogens is 4. The van der Waals surface area contributed by atoms with Gasteiger partial charge in [-0.15, -0.1) is 0 Å². The van der Waals surface area contributed by atoms with Gasteiger partial charge in [-0.2, -0.15) is 9.97 Å². The molecular formula is C17H26ClN5O11P2. The Balaban J connectivity index is 1.75. The molecule has 6 N–H and O–H groups in total. The number of nitrogens with zero attached hydrogens (tertiary/aromatic N) is 4. The molecule has 1 aliphatic rings. The Morgan fingerprint density at radius 2 is 1.94 bits per heavy atom. The zero-order valence-corrected chi connectivity index (χ0v) is 21.4. The van der Waals surface area contributed by atoms with E-state index < -0.39 is 58.3 Å². The minimum Gasteiger partial charge on any atom is -0.449 e. The summed E-state index contributed by atoms with van der Waals surface area (Å²) in [5.41, 5.74) is 0.0832. The summed E-state index contributed by atoms with van der Waals surface area (Å²) in [6, 6.07) is 0. The number of fused-ring (bicyclic) bond motifs is 1. The molecule has 1 amide bonds. The van der Waals surface area contributed by atoms with Gasteiger partial charge in [0, 0.05) is 0 Å². The maximum atomic E-state index is 12.1. The lowest BCUT2D eigenvalue weighted by Crippen LogP contribution is -2.33. The number of ether oxygens (including phenoxy) is 2. The van der Waals surface area contributed by atoms with Crippen molar-refractivity contribution in [2.75, 3.05) is 24.4 Å². The molecule has 2 unspecified atom stereocenters. The third-order valence-electron chi connectivity index (χ3n) is 5.01. The van der Waals surface area contributed by atoms with Gasteiger partial charge in [-0.3, -0.25) is 19.0 Å². The van der Waals surface area contributed by atoms with Gasteiger partial charge in [-0.05, 0) is 18.0 Å². The molecular weight excluding hydrogens is 548 g/mol. The van der Waals surface area contributed by atoms with Gasteiger partial charge >= 0.3 is 21.3 Å². The maximum absolute atomic E-state index is 12.1. The van der Waals surface area contributed by atoms with E-state index in [1.165, 1.54) is 10.9 Å². The molecule has 202 valence electrons. The molecule has 2 aromatic rings. The topological polar surface area (TPSA) is 236 Å².